The second kappa shape index (κ2) is 7.16. The molecule has 9 nitrogen and oxygen atoms in total. The quantitative estimate of drug-likeness (QED) is 0.755. The molecule has 140 valence electrons. The van der Waals surface area contributed by atoms with Gasteiger partial charge in [0.15, 0.2) is 5.82 Å². The van der Waals surface area contributed by atoms with Gasteiger partial charge < -0.3 is 25.3 Å². The summed E-state index contributed by atoms with van der Waals surface area (Å²) < 4.78 is 0. The summed E-state index contributed by atoms with van der Waals surface area (Å²) in [6.45, 7) is 5.46. The smallest absolute Gasteiger partial charge is 0.272 e. The Labute approximate surface area is 152 Å². The van der Waals surface area contributed by atoms with Crippen LogP contribution in [0.1, 0.15) is 17.7 Å². The molecule has 3 aliphatic heterocycles. The van der Waals surface area contributed by atoms with Crippen LogP contribution in [-0.2, 0) is 22.6 Å². The number of nitrogens with zero attached hydrogens (tertiary/aromatic N) is 6. The van der Waals surface area contributed by atoms with Gasteiger partial charge in [0.05, 0.1) is 5.69 Å². The van der Waals surface area contributed by atoms with E-state index in [1.54, 1.807) is 0 Å². The van der Waals surface area contributed by atoms with Crippen LogP contribution >= 0.6 is 0 Å². The molecule has 0 aliphatic carbocycles. The highest BCUT2D eigenvalue weighted by molar-refractivity contribution is 6.39. The van der Waals surface area contributed by atoms with Crippen molar-refractivity contribution in [1.29, 1.82) is 0 Å². The van der Waals surface area contributed by atoms with Crippen molar-refractivity contribution in [3.63, 3.8) is 0 Å². The second-order valence-electron chi connectivity index (χ2n) is 7.15. The predicted octanol–water partition coefficient (Wildman–Crippen LogP) is -0.783. The summed E-state index contributed by atoms with van der Waals surface area (Å²) in [4.78, 5) is 24.3. The van der Waals surface area contributed by atoms with E-state index in [2.05, 4.69) is 38.3 Å². The highest BCUT2D eigenvalue weighted by Gasteiger charge is 2.31. The average Bonchev–Trinajstić information content (AvgIpc) is 3.16. The van der Waals surface area contributed by atoms with Gasteiger partial charge in [-0.15, -0.1) is 5.10 Å². The summed E-state index contributed by atoms with van der Waals surface area (Å²) in [6, 6.07) is 2.09. The molecule has 1 fully saturated rings. The number of rotatable bonds is 3. The first-order chi connectivity index (χ1) is 12.6. The van der Waals surface area contributed by atoms with Gasteiger partial charge in [-0.25, -0.2) is 0 Å². The maximum atomic E-state index is 12.7. The fourth-order valence-corrected chi connectivity index (χ4v) is 3.54. The Morgan fingerprint density at radius 2 is 2.08 bits per heavy atom. The van der Waals surface area contributed by atoms with Gasteiger partial charge in [-0.3, -0.25) is 4.79 Å². The van der Waals surface area contributed by atoms with Crippen LogP contribution in [0.5, 0.6) is 0 Å². The second-order valence-corrected chi connectivity index (χ2v) is 7.15. The van der Waals surface area contributed by atoms with E-state index >= 15 is 0 Å². The molecular formula is C17H25N7O2. The molecule has 1 aromatic heterocycles. The van der Waals surface area contributed by atoms with Gasteiger partial charge >= 0.3 is 0 Å². The van der Waals surface area contributed by atoms with Gasteiger partial charge in [0.1, 0.15) is 11.8 Å². The zero-order chi connectivity index (χ0) is 18.1. The minimum Gasteiger partial charge on any atom is -0.390 e. The molecule has 3 aliphatic rings. The van der Waals surface area contributed by atoms with E-state index in [-0.39, 0.29) is 12.0 Å². The van der Waals surface area contributed by atoms with Crippen molar-refractivity contribution < 1.29 is 9.63 Å². The lowest BCUT2D eigenvalue weighted by molar-refractivity contribution is -0.125. The number of carbonyl (C=O) groups is 1. The van der Waals surface area contributed by atoms with Crippen molar-refractivity contribution in [2.45, 2.75) is 25.5 Å². The fourth-order valence-electron chi connectivity index (χ4n) is 3.54. The van der Waals surface area contributed by atoms with Crippen LogP contribution in [0.25, 0.3) is 0 Å². The minimum absolute atomic E-state index is 0.0652. The number of likely N-dealkylation sites (N-methyl/N-ethyl adjacent to an activating group) is 1. The number of piperazine rings is 1. The SMILES string of the molecule is CN1CCN(c2cc3c(nn2)CCN(C(=O)C2=NOC(CN)C2)C3)CC1. The Bertz CT molecular complexity index is 715. The Hall–Kier alpha value is -2.26. The van der Waals surface area contributed by atoms with Crippen molar-refractivity contribution >= 4 is 17.4 Å². The number of hydrogen-bond acceptors (Lipinski definition) is 8. The minimum atomic E-state index is -0.180. The number of carbonyl (C=O) groups excluding carboxylic acids is 1. The standard InChI is InChI=1S/C17H25N7O2/c1-22-4-6-23(7-5-22)16-8-12-11-24(3-2-14(12)19-20-16)17(25)15-9-13(10-18)26-21-15/h8,13H,2-7,9-11,18H2,1H3. The van der Waals surface area contributed by atoms with Gasteiger partial charge in [-0.05, 0) is 18.7 Å². The molecule has 1 amide bonds. The molecule has 1 saturated heterocycles. The van der Waals surface area contributed by atoms with E-state index in [1.807, 2.05) is 4.90 Å². The van der Waals surface area contributed by atoms with E-state index in [0.717, 1.165) is 43.3 Å². The Morgan fingerprint density at radius 1 is 1.27 bits per heavy atom. The first-order valence-electron chi connectivity index (χ1n) is 9.15. The molecule has 4 heterocycles. The zero-order valence-electron chi connectivity index (χ0n) is 15.1. The van der Waals surface area contributed by atoms with E-state index in [1.165, 1.54) is 0 Å². The number of nitrogens with two attached hydrogens (primary N) is 1. The van der Waals surface area contributed by atoms with E-state index in [0.29, 0.717) is 38.2 Å². The number of fused-ring (bicyclic) bond motifs is 1. The van der Waals surface area contributed by atoms with Gasteiger partial charge in [0, 0.05) is 58.7 Å². The fraction of sp³-hybridized carbons (Fsp3) is 0.647. The first kappa shape index (κ1) is 17.2. The molecule has 1 unspecified atom stereocenters. The average molecular weight is 359 g/mol. The maximum absolute atomic E-state index is 12.7. The Kier molecular flexibility index (Phi) is 4.73. The molecule has 0 saturated carbocycles. The topological polar surface area (TPSA) is 100 Å². The van der Waals surface area contributed by atoms with Gasteiger partial charge in [-0.2, -0.15) is 5.10 Å². The van der Waals surface area contributed by atoms with Gasteiger partial charge in [0.25, 0.3) is 5.91 Å². The highest BCUT2D eigenvalue weighted by atomic mass is 16.6. The van der Waals surface area contributed by atoms with Crippen molar-refractivity contribution in [1.82, 2.24) is 20.0 Å². The van der Waals surface area contributed by atoms with Crippen LogP contribution in [-0.4, -0.2) is 84.0 Å². The summed E-state index contributed by atoms with van der Waals surface area (Å²) in [5, 5.41) is 12.7. The molecular weight excluding hydrogens is 334 g/mol. The molecule has 9 heteroatoms. The molecule has 1 aromatic rings. The molecule has 0 bridgehead atoms. The number of hydrogen-bond donors (Lipinski definition) is 1. The summed E-state index contributed by atoms with van der Waals surface area (Å²) in [6.07, 6.45) is 1.02. The predicted molar refractivity (Wildman–Crippen MR) is 96.8 cm³/mol. The summed E-state index contributed by atoms with van der Waals surface area (Å²) in [7, 11) is 2.13. The van der Waals surface area contributed by atoms with Crippen molar-refractivity contribution in [2.75, 3.05) is 51.2 Å². The van der Waals surface area contributed by atoms with Crippen LogP contribution in [0, 0.1) is 0 Å². The van der Waals surface area contributed by atoms with E-state index in [4.69, 9.17) is 10.6 Å². The molecule has 2 N–H and O–H groups in total. The van der Waals surface area contributed by atoms with Crippen LogP contribution in [0.15, 0.2) is 11.2 Å². The van der Waals surface area contributed by atoms with Crippen molar-refractivity contribution in [3.8, 4) is 0 Å². The molecule has 4 rings (SSSR count). The molecule has 26 heavy (non-hydrogen) atoms. The highest BCUT2D eigenvalue weighted by Crippen LogP contribution is 2.23. The van der Waals surface area contributed by atoms with Crippen LogP contribution in [0.3, 0.4) is 0 Å². The maximum Gasteiger partial charge on any atom is 0.272 e. The molecule has 1 atom stereocenters. The monoisotopic (exact) mass is 359 g/mol. The Morgan fingerprint density at radius 3 is 2.81 bits per heavy atom. The number of aromatic nitrogens is 2. The van der Waals surface area contributed by atoms with Crippen LogP contribution < -0.4 is 10.6 Å². The first-order valence-corrected chi connectivity index (χ1v) is 9.15. The lowest BCUT2D eigenvalue weighted by atomic mass is 10.0. The Balaban J connectivity index is 1.46. The lowest BCUT2D eigenvalue weighted by Crippen LogP contribution is -2.45. The third-order valence-corrected chi connectivity index (χ3v) is 5.28. The largest absolute Gasteiger partial charge is 0.390 e. The van der Waals surface area contributed by atoms with Gasteiger partial charge in [0.2, 0.25) is 0 Å². The third kappa shape index (κ3) is 3.36. The summed E-state index contributed by atoms with van der Waals surface area (Å²) >= 11 is 0. The van der Waals surface area contributed by atoms with Crippen LogP contribution in [0.2, 0.25) is 0 Å². The zero-order valence-corrected chi connectivity index (χ0v) is 15.1. The van der Waals surface area contributed by atoms with Crippen LogP contribution in [0.4, 0.5) is 5.82 Å². The molecule has 0 radical (unpaired) electrons. The molecule has 0 aromatic carbocycles. The van der Waals surface area contributed by atoms with E-state index in [9.17, 15) is 4.79 Å². The number of amides is 1. The van der Waals surface area contributed by atoms with E-state index < -0.39 is 0 Å². The summed E-state index contributed by atoms with van der Waals surface area (Å²) in [5.74, 6) is 0.834. The third-order valence-electron chi connectivity index (χ3n) is 5.28. The molecule has 0 spiro atoms. The number of oxime groups is 1. The normalized spacial score (nSPS) is 23.5. The van der Waals surface area contributed by atoms with Gasteiger partial charge in [-0.1, -0.05) is 5.16 Å². The lowest BCUT2D eigenvalue weighted by Gasteiger charge is -2.34. The summed E-state index contributed by atoms with van der Waals surface area (Å²) in [5.41, 5.74) is 8.11. The van der Waals surface area contributed by atoms with Crippen molar-refractivity contribution in [3.05, 3.63) is 17.3 Å². The van der Waals surface area contributed by atoms with Crippen molar-refractivity contribution in [2.24, 2.45) is 10.9 Å². The number of anilines is 1.